The van der Waals surface area contributed by atoms with Crippen molar-refractivity contribution >= 4 is 17.6 Å². The van der Waals surface area contributed by atoms with Gasteiger partial charge in [0.25, 0.3) is 5.69 Å². The van der Waals surface area contributed by atoms with Gasteiger partial charge in [0.15, 0.2) is 0 Å². The van der Waals surface area contributed by atoms with Crippen molar-refractivity contribution in [2.45, 2.75) is 32.2 Å². The van der Waals surface area contributed by atoms with Gasteiger partial charge in [-0.25, -0.2) is 4.79 Å². The SMILES string of the molecule is O=C(NCc1cc([N+](=O)[O-])ccc1O)C1CCCN(C(=O)N2CCCC2)C1. The first-order chi connectivity index (χ1) is 13.0. The smallest absolute Gasteiger partial charge is 0.320 e. The fourth-order valence-electron chi connectivity index (χ4n) is 3.63. The Morgan fingerprint density at radius 2 is 1.89 bits per heavy atom. The highest BCUT2D eigenvalue weighted by Gasteiger charge is 2.31. The Hall–Kier alpha value is -2.84. The van der Waals surface area contributed by atoms with Gasteiger partial charge in [0, 0.05) is 50.4 Å². The second-order valence-corrected chi connectivity index (χ2v) is 7.05. The van der Waals surface area contributed by atoms with Crippen molar-refractivity contribution in [2.24, 2.45) is 5.92 Å². The highest BCUT2D eigenvalue weighted by atomic mass is 16.6. The largest absolute Gasteiger partial charge is 0.508 e. The van der Waals surface area contributed by atoms with Crippen LogP contribution in [-0.4, -0.2) is 57.9 Å². The first-order valence-electron chi connectivity index (χ1n) is 9.23. The summed E-state index contributed by atoms with van der Waals surface area (Å²) in [5.74, 6) is -0.624. The molecule has 0 saturated carbocycles. The van der Waals surface area contributed by atoms with Gasteiger partial charge < -0.3 is 20.2 Å². The lowest BCUT2D eigenvalue weighted by Gasteiger charge is -2.34. The monoisotopic (exact) mass is 376 g/mol. The minimum Gasteiger partial charge on any atom is -0.508 e. The van der Waals surface area contributed by atoms with Crippen LogP contribution in [0.25, 0.3) is 0 Å². The van der Waals surface area contributed by atoms with Crippen LogP contribution in [0.4, 0.5) is 10.5 Å². The van der Waals surface area contributed by atoms with Crippen molar-refractivity contribution in [2.75, 3.05) is 26.2 Å². The molecule has 0 spiro atoms. The maximum Gasteiger partial charge on any atom is 0.320 e. The molecule has 0 aromatic heterocycles. The zero-order chi connectivity index (χ0) is 19.4. The summed E-state index contributed by atoms with van der Waals surface area (Å²) in [6, 6.07) is 3.71. The molecule has 27 heavy (non-hydrogen) atoms. The van der Waals surface area contributed by atoms with Gasteiger partial charge in [-0.15, -0.1) is 0 Å². The number of nitrogens with one attached hydrogen (secondary N) is 1. The fraction of sp³-hybridized carbons (Fsp3) is 0.556. The molecule has 2 aliphatic rings. The normalized spacial score (nSPS) is 19.8. The van der Waals surface area contributed by atoms with E-state index in [2.05, 4.69) is 5.32 Å². The Labute approximate surface area is 157 Å². The first-order valence-corrected chi connectivity index (χ1v) is 9.23. The van der Waals surface area contributed by atoms with Crippen LogP contribution in [0.15, 0.2) is 18.2 Å². The van der Waals surface area contributed by atoms with E-state index in [4.69, 9.17) is 0 Å². The van der Waals surface area contributed by atoms with Crippen LogP contribution in [0.5, 0.6) is 5.75 Å². The molecule has 2 saturated heterocycles. The third-order valence-electron chi connectivity index (χ3n) is 5.17. The number of phenolic OH excluding ortho intramolecular Hbond substituents is 1. The molecule has 2 fully saturated rings. The van der Waals surface area contributed by atoms with Crippen LogP contribution in [0.1, 0.15) is 31.2 Å². The van der Waals surface area contributed by atoms with Crippen molar-refractivity contribution in [3.63, 3.8) is 0 Å². The number of hydrogen-bond donors (Lipinski definition) is 2. The second kappa shape index (κ2) is 8.24. The zero-order valence-corrected chi connectivity index (χ0v) is 15.1. The minimum absolute atomic E-state index is 0.00123. The molecule has 1 aromatic rings. The minimum atomic E-state index is -0.548. The number of carbonyl (C=O) groups is 2. The molecule has 0 radical (unpaired) electrons. The number of piperidine rings is 1. The number of nitro groups is 1. The molecule has 1 atom stereocenters. The molecular weight excluding hydrogens is 352 g/mol. The predicted molar refractivity (Wildman–Crippen MR) is 97.1 cm³/mol. The number of rotatable bonds is 4. The summed E-state index contributed by atoms with van der Waals surface area (Å²) in [6.45, 7) is 2.59. The van der Waals surface area contributed by atoms with Crippen molar-refractivity contribution in [1.82, 2.24) is 15.1 Å². The standard InChI is InChI=1S/C18H24N4O5/c23-16-6-5-15(22(26)27)10-14(16)11-19-17(24)13-4-3-9-21(12-13)18(25)20-7-1-2-8-20/h5-6,10,13,23H,1-4,7-9,11-12H2,(H,19,24). The van der Waals surface area contributed by atoms with Crippen LogP contribution < -0.4 is 5.32 Å². The van der Waals surface area contributed by atoms with Crippen LogP contribution in [-0.2, 0) is 11.3 Å². The first kappa shape index (κ1) is 18.9. The maximum atomic E-state index is 12.5. The Morgan fingerprint density at radius 1 is 1.19 bits per heavy atom. The van der Waals surface area contributed by atoms with Crippen molar-refractivity contribution in [3.8, 4) is 5.75 Å². The van der Waals surface area contributed by atoms with Crippen LogP contribution in [0.2, 0.25) is 0 Å². The third kappa shape index (κ3) is 4.47. The molecule has 1 unspecified atom stereocenters. The number of benzene rings is 1. The number of phenols is 1. The van der Waals surface area contributed by atoms with E-state index in [1.165, 1.54) is 18.2 Å². The van der Waals surface area contributed by atoms with Gasteiger partial charge in [0.2, 0.25) is 5.91 Å². The van der Waals surface area contributed by atoms with Crippen LogP contribution in [0, 0.1) is 16.0 Å². The summed E-state index contributed by atoms with van der Waals surface area (Å²) < 4.78 is 0. The molecule has 3 amide bonds. The highest BCUT2D eigenvalue weighted by molar-refractivity contribution is 5.81. The lowest BCUT2D eigenvalue weighted by Crippen LogP contribution is -2.49. The second-order valence-electron chi connectivity index (χ2n) is 7.05. The fourth-order valence-corrected chi connectivity index (χ4v) is 3.63. The summed E-state index contributed by atoms with van der Waals surface area (Å²) in [6.07, 6.45) is 3.50. The highest BCUT2D eigenvalue weighted by Crippen LogP contribution is 2.24. The van der Waals surface area contributed by atoms with Crippen LogP contribution >= 0.6 is 0 Å². The average molecular weight is 376 g/mol. The Bertz CT molecular complexity index is 732. The van der Waals surface area contributed by atoms with E-state index in [0.29, 0.717) is 25.1 Å². The van der Waals surface area contributed by atoms with Gasteiger partial charge >= 0.3 is 6.03 Å². The molecule has 2 aliphatic heterocycles. The van der Waals surface area contributed by atoms with Gasteiger partial charge in [-0.3, -0.25) is 14.9 Å². The molecule has 1 aromatic carbocycles. The van der Waals surface area contributed by atoms with Crippen molar-refractivity contribution < 1.29 is 19.6 Å². The Balaban J connectivity index is 1.57. The number of urea groups is 1. The molecule has 146 valence electrons. The summed E-state index contributed by atoms with van der Waals surface area (Å²) in [5, 5.41) is 23.4. The summed E-state index contributed by atoms with van der Waals surface area (Å²) in [7, 11) is 0. The van der Waals surface area contributed by atoms with E-state index in [1.54, 1.807) is 4.90 Å². The Kier molecular flexibility index (Phi) is 5.78. The lowest BCUT2D eigenvalue weighted by molar-refractivity contribution is -0.384. The zero-order valence-electron chi connectivity index (χ0n) is 15.1. The van der Waals surface area contributed by atoms with E-state index in [9.17, 15) is 24.8 Å². The number of aromatic hydroxyl groups is 1. The molecule has 2 heterocycles. The van der Waals surface area contributed by atoms with Crippen LogP contribution in [0.3, 0.4) is 0 Å². The van der Waals surface area contributed by atoms with E-state index in [-0.39, 0.29) is 35.8 Å². The number of hydrogen-bond acceptors (Lipinski definition) is 5. The van der Waals surface area contributed by atoms with E-state index >= 15 is 0 Å². The lowest BCUT2D eigenvalue weighted by atomic mass is 9.97. The summed E-state index contributed by atoms with van der Waals surface area (Å²) in [5.41, 5.74) is 0.149. The maximum absolute atomic E-state index is 12.5. The van der Waals surface area contributed by atoms with Gasteiger partial charge in [0.1, 0.15) is 5.75 Å². The van der Waals surface area contributed by atoms with Gasteiger partial charge in [0.05, 0.1) is 10.8 Å². The number of non-ortho nitro benzene ring substituents is 1. The predicted octanol–water partition coefficient (Wildman–Crippen LogP) is 1.84. The topological polar surface area (TPSA) is 116 Å². The molecule has 2 N–H and O–H groups in total. The number of likely N-dealkylation sites (tertiary alicyclic amines) is 2. The molecule has 3 rings (SSSR count). The van der Waals surface area contributed by atoms with Gasteiger partial charge in [-0.05, 0) is 31.7 Å². The van der Waals surface area contributed by atoms with Gasteiger partial charge in [-0.1, -0.05) is 0 Å². The van der Waals surface area contributed by atoms with Gasteiger partial charge in [-0.2, -0.15) is 0 Å². The Morgan fingerprint density at radius 3 is 2.59 bits per heavy atom. The number of amides is 3. The van der Waals surface area contributed by atoms with Crippen molar-refractivity contribution in [3.05, 3.63) is 33.9 Å². The molecular formula is C18H24N4O5. The molecule has 9 heteroatoms. The number of nitrogens with zero attached hydrogens (tertiary/aromatic N) is 3. The molecule has 0 aliphatic carbocycles. The quantitative estimate of drug-likeness (QED) is 0.614. The summed E-state index contributed by atoms with van der Waals surface area (Å²) >= 11 is 0. The molecule has 0 bridgehead atoms. The van der Waals surface area contributed by atoms with E-state index < -0.39 is 4.92 Å². The van der Waals surface area contributed by atoms with E-state index in [0.717, 1.165) is 32.4 Å². The van der Waals surface area contributed by atoms with E-state index in [1.807, 2.05) is 4.90 Å². The molecule has 9 nitrogen and oxygen atoms in total. The number of carbonyl (C=O) groups excluding carboxylic acids is 2. The summed E-state index contributed by atoms with van der Waals surface area (Å²) in [4.78, 5) is 38.9. The number of nitro benzene ring substituents is 1. The average Bonchev–Trinajstić information content (AvgIpc) is 3.21. The third-order valence-corrected chi connectivity index (χ3v) is 5.17. The van der Waals surface area contributed by atoms with Crippen molar-refractivity contribution in [1.29, 1.82) is 0 Å².